The van der Waals surface area contributed by atoms with Crippen LogP contribution < -0.4 is 5.32 Å². The van der Waals surface area contributed by atoms with Gasteiger partial charge in [-0.2, -0.15) is 0 Å². The predicted octanol–water partition coefficient (Wildman–Crippen LogP) is 3.06. The van der Waals surface area contributed by atoms with Gasteiger partial charge in [0, 0.05) is 12.5 Å². The van der Waals surface area contributed by atoms with Crippen molar-refractivity contribution in [3.63, 3.8) is 0 Å². The van der Waals surface area contributed by atoms with Crippen LogP contribution in [-0.2, 0) is 0 Å². The molecular formula is C13H25N. The molecule has 2 atom stereocenters. The lowest BCUT2D eigenvalue weighted by molar-refractivity contribution is 0.341. The van der Waals surface area contributed by atoms with Gasteiger partial charge in [-0.15, -0.1) is 11.8 Å². The third-order valence-electron chi connectivity index (χ3n) is 2.72. The highest BCUT2D eigenvalue weighted by molar-refractivity contribution is 4.95. The van der Waals surface area contributed by atoms with E-state index in [2.05, 4.69) is 44.9 Å². The van der Waals surface area contributed by atoms with Crippen LogP contribution in [-0.4, -0.2) is 12.6 Å². The van der Waals surface area contributed by atoms with Crippen LogP contribution in [0.5, 0.6) is 0 Å². The quantitative estimate of drug-likeness (QED) is 0.642. The van der Waals surface area contributed by atoms with E-state index in [-0.39, 0.29) is 0 Å². The number of hydrogen-bond donors (Lipinski definition) is 1. The minimum absolute atomic E-state index is 0.597. The van der Waals surface area contributed by atoms with Crippen LogP contribution in [0.4, 0.5) is 0 Å². The smallest absolute Gasteiger partial charge is 0.00912 e. The van der Waals surface area contributed by atoms with Gasteiger partial charge in [-0.1, -0.05) is 27.7 Å². The van der Waals surface area contributed by atoms with Crippen molar-refractivity contribution < 1.29 is 0 Å². The molecule has 0 aromatic carbocycles. The van der Waals surface area contributed by atoms with E-state index < -0.39 is 0 Å². The molecule has 1 nitrogen and oxygen atoms in total. The molecule has 0 saturated heterocycles. The molecule has 0 spiro atoms. The molecule has 0 aliphatic heterocycles. The first kappa shape index (κ1) is 13.5. The van der Waals surface area contributed by atoms with Crippen LogP contribution in [0.25, 0.3) is 0 Å². The first-order chi connectivity index (χ1) is 6.57. The highest BCUT2D eigenvalue weighted by atomic mass is 14.9. The Morgan fingerprint density at radius 1 is 1.07 bits per heavy atom. The summed E-state index contributed by atoms with van der Waals surface area (Å²) in [6.45, 7) is 12.1. The van der Waals surface area contributed by atoms with Gasteiger partial charge < -0.3 is 5.32 Å². The number of rotatable bonds is 6. The van der Waals surface area contributed by atoms with Gasteiger partial charge in [0.1, 0.15) is 0 Å². The summed E-state index contributed by atoms with van der Waals surface area (Å²) in [5.41, 5.74) is 0. The Balaban J connectivity index is 3.62. The lowest BCUT2D eigenvalue weighted by Crippen LogP contribution is -2.30. The number of hydrogen-bond acceptors (Lipinski definition) is 1. The second-order valence-electron chi connectivity index (χ2n) is 4.48. The Morgan fingerprint density at radius 2 is 1.71 bits per heavy atom. The predicted molar refractivity (Wildman–Crippen MR) is 64.2 cm³/mol. The van der Waals surface area contributed by atoms with Crippen molar-refractivity contribution in [3.05, 3.63) is 0 Å². The van der Waals surface area contributed by atoms with Gasteiger partial charge in [-0.3, -0.25) is 0 Å². The van der Waals surface area contributed by atoms with Crippen LogP contribution in [0.3, 0.4) is 0 Å². The molecule has 0 bridgehead atoms. The summed E-state index contributed by atoms with van der Waals surface area (Å²) in [4.78, 5) is 0. The fraction of sp³-hybridized carbons (Fsp3) is 0.846. The van der Waals surface area contributed by atoms with E-state index in [9.17, 15) is 0 Å². The average molecular weight is 195 g/mol. The number of nitrogens with one attached hydrogen (secondary N) is 1. The van der Waals surface area contributed by atoms with E-state index in [1.165, 1.54) is 6.42 Å². The SMILES string of the molecule is CC#CCCC(C)C(C)CNC(C)C. The topological polar surface area (TPSA) is 12.0 Å². The van der Waals surface area contributed by atoms with E-state index in [1.807, 2.05) is 6.92 Å². The molecule has 0 saturated carbocycles. The van der Waals surface area contributed by atoms with Crippen molar-refractivity contribution in [1.29, 1.82) is 0 Å². The fourth-order valence-corrected chi connectivity index (χ4v) is 1.33. The second kappa shape index (κ2) is 7.88. The molecular weight excluding hydrogens is 170 g/mol. The Hall–Kier alpha value is -0.480. The van der Waals surface area contributed by atoms with Crippen LogP contribution in [0, 0.1) is 23.7 Å². The van der Waals surface area contributed by atoms with Crippen molar-refractivity contribution in [3.8, 4) is 11.8 Å². The van der Waals surface area contributed by atoms with Crippen molar-refractivity contribution in [2.45, 2.75) is 53.5 Å². The Morgan fingerprint density at radius 3 is 2.21 bits per heavy atom. The summed E-state index contributed by atoms with van der Waals surface area (Å²) in [7, 11) is 0. The zero-order valence-electron chi connectivity index (χ0n) is 10.4. The summed E-state index contributed by atoms with van der Waals surface area (Å²) < 4.78 is 0. The maximum absolute atomic E-state index is 3.48. The Bertz CT molecular complexity index is 185. The van der Waals surface area contributed by atoms with Crippen molar-refractivity contribution in [2.75, 3.05) is 6.54 Å². The summed E-state index contributed by atoms with van der Waals surface area (Å²) in [5.74, 6) is 7.59. The van der Waals surface area contributed by atoms with E-state index in [0.717, 1.165) is 24.8 Å². The maximum Gasteiger partial charge on any atom is 0.00912 e. The molecule has 0 radical (unpaired) electrons. The van der Waals surface area contributed by atoms with Gasteiger partial charge >= 0.3 is 0 Å². The van der Waals surface area contributed by atoms with Crippen molar-refractivity contribution >= 4 is 0 Å². The summed E-state index contributed by atoms with van der Waals surface area (Å²) in [5, 5.41) is 3.48. The van der Waals surface area contributed by atoms with Crippen LogP contribution >= 0.6 is 0 Å². The molecule has 0 heterocycles. The highest BCUT2D eigenvalue weighted by Gasteiger charge is 2.11. The molecule has 0 aromatic rings. The van der Waals surface area contributed by atoms with Gasteiger partial charge in [-0.25, -0.2) is 0 Å². The molecule has 82 valence electrons. The minimum atomic E-state index is 0.597. The average Bonchev–Trinajstić information content (AvgIpc) is 2.14. The van der Waals surface area contributed by atoms with Crippen LogP contribution in [0.2, 0.25) is 0 Å². The monoisotopic (exact) mass is 195 g/mol. The lowest BCUT2D eigenvalue weighted by atomic mass is 9.91. The molecule has 2 unspecified atom stereocenters. The van der Waals surface area contributed by atoms with E-state index >= 15 is 0 Å². The van der Waals surface area contributed by atoms with E-state index in [0.29, 0.717) is 6.04 Å². The third kappa shape index (κ3) is 6.97. The zero-order chi connectivity index (χ0) is 11.0. The lowest BCUT2D eigenvalue weighted by Gasteiger charge is -2.20. The fourth-order valence-electron chi connectivity index (χ4n) is 1.33. The van der Waals surface area contributed by atoms with Crippen molar-refractivity contribution in [1.82, 2.24) is 5.32 Å². The third-order valence-corrected chi connectivity index (χ3v) is 2.72. The molecule has 0 rings (SSSR count). The van der Waals surface area contributed by atoms with Gasteiger partial charge in [0.05, 0.1) is 0 Å². The van der Waals surface area contributed by atoms with Gasteiger partial charge in [0.15, 0.2) is 0 Å². The molecule has 0 aromatic heterocycles. The standard InChI is InChI=1S/C13H25N/c1-6-7-8-9-12(4)13(5)10-14-11(2)3/h11-14H,8-10H2,1-5H3. The van der Waals surface area contributed by atoms with E-state index in [1.54, 1.807) is 0 Å². The van der Waals surface area contributed by atoms with Gasteiger partial charge in [-0.05, 0) is 31.7 Å². The minimum Gasteiger partial charge on any atom is -0.314 e. The normalized spacial score (nSPS) is 14.7. The zero-order valence-corrected chi connectivity index (χ0v) is 10.4. The molecule has 0 aliphatic carbocycles. The Labute approximate surface area is 89.7 Å². The highest BCUT2D eigenvalue weighted by Crippen LogP contribution is 2.15. The summed E-state index contributed by atoms with van der Waals surface area (Å²) in [6, 6.07) is 0.597. The van der Waals surface area contributed by atoms with Crippen LogP contribution in [0.15, 0.2) is 0 Å². The first-order valence-electron chi connectivity index (χ1n) is 5.71. The first-order valence-corrected chi connectivity index (χ1v) is 5.71. The van der Waals surface area contributed by atoms with Crippen LogP contribution in [0.1, 0.15) is 47.5 Å². The van der Waals surface area contributed by atoms with E-state index in [4.69, 9.17) is 0 Å². The molecule has 0 aliphatic rings. The summed E-state index contributed by atoms with van der Waals surface area (Å²) in [6.07, 6.45) is 2.27. The largest absolute Gasteiger partial charge is 0.314 e. The summed E-state index contributed by atoms with van der Waals surface area (Å²) >= 11 is 0. The Kier molecular flexibility index (Phi) is 7.61. The van der Waals surface area contributed by atoms with Gasteiger partial charge in [0.2, 0.25) is 0 Å². The molecule has 1 N–H and O–H groups in total. The second-order valence-corrected chi connectivity index (χ2v) is 4.48. The van der Waals surface area contributed by atoms with Gasteiger partial charge in [0.25, 0.3) is 0 Å². The maximum atomic E-state index is 3.48. The molecule has 0 amide bonds. The molecule has 0 fully saturated rings. The van der Waals surface area contributed by atoms with Crippen molar-refractivity contribution in [2.24, 2.45) is 11.8 Å². The molecule has 14 heavy (non-hydrogen) atoms. The molecule has 1 heteroatoms.